The fourth-order valence-electron chi connectivity index (χ4n) is 2.70. The van der Waals surface area contributed by atoms with Crippen LogP contribution in [0.4, 0.5) is 0 Å². The van der Waals surface area contributed by atoms with E-state index in [1.54, 1.807) is 32.2 Å². The van der Waals surface area contributed by atoms with Crippen LogP contribution in [0.5, 0.6) is 5.88 Å². The van der Waals surface area contributed by atoms with Crippen molar-refractivity contribution in [2.45, 2.75) is 31.2 Å². The summed E-state index contributed by atoms with van der Waals surface area (Å²) in [4.78, 5) is 4.30. The van der Waals surface area contributed by atoms with Gasteiger partial charge < -0.3 is 9.47 Å². The highest BCUT2D eigenvalue weighted by Crippen LogP contribution is 2.24. The maximum atomic E-state index is 12.1. The van der Waals surface area contributed by atoms with Crippen molar-refractivity contribution < 1.29 is 17.9 Å². The predicted octanol–water partition coefficient (Wildman–Crippen LogP) is 2.09. The first kappa shape index (κ1) is 19.3. The lowest BCUT2D eigenvalue weighted by molar-refractivity contribution is 0.136. The molecule has 1 aromatic heterocycles. The molecule has 2 aromatic rings. The summed E-state index contributed by atoms with van der Waals surface area (Å²) < 4.78 is 38.0. The van der Waals surface area contributed by atoms with Crippen molar-refractivity contribution in [3.8, 4) is 23.1 Å². The maximum absolute atomic E-state index is 12.1. The van der Waals surface area contributed by atoms with Crippen LogP contribution in [0.1, 0.15) is 19.4 Å². The van der Waals surface area contributed by atoms with Gasteiger partial charge in [0.15, 0.2) is 0 Å². The van der Waals surface area contributed by atoms with Gasteiger partial charge >= 0.3 is 0 Å². The van der Waals surface area contributed by atoms with Crippen LogP contribution in [0.25, 0.3) is 11.1 Å². The number of hydrogen-bond acceptors (Lipinski definition) is 6. The summed E-state index contributed by atoms with van der Waals surface area (Å²) in [6.45, 7) is 3.77. The lowest BCUT2D eigenvalue weighted by atomic mass is 10.0. The number of aromatic nitrogens is 1. The van der Waals surface area contributed by atoms with E-state index < -0.39 is 27.4 Å². The first-order chi connectivity index (χ1) is 12.9. The predicted molar refractivity (Wildman–Crippen MR) is 101 cm³/mol. The van der Waals surface area contributed by atoms with Gasteiger partial charge in [-0.3, -0.25) is 0 Å². The molecule has 1 saturated heterocycles. The molecular weight excluding hydrogens is 366 g/mol. The Kier molecular flexibility index (Phi) is 5.75. The summed E-state index contributed by atoms with van der Waals surface area (Å²) in [6, 6.07) is 12.5. The molecule has 8 heteroatoms. The molecule has 0 amide bonds. The van der Waals surface area contributed by atoms with Crippen molar-refractivity contribution in [3.63, 3.8) is 0 Å². The number of ether oxygens (including phenoxy) is 2. The van der Waals surface area contributed by atoms with Gasteiger partial charge in [0.05, 0.1) is 36.1 Å². The molecule has 1 aliphatic heterocycles. The van der Waals surface area contributed by atoms with Gasteiger partial charge in [-0.15, -0.1) is 0 Å². The smallest absolute Gasteiger partial charge is 0.214 e. The Morgan fingerprint density at radius 2 is 2.04 bits per heavy atom. The monoisotopic (exact) mass is 387 g/mol. The molecule has 3 rings (SSSR count). The molecule has 0 spiro atoms. The van der Waals surface area contributed by atoms with Crippen molar-refractivity contribution in [3.05, 3.63) is 48.2 Å². The second-order valence-electron chi connectivity index (χ2n) is 6.55. The van der Waals surface area contributed by atoms with Crippen LogP contribution in [0.15, 0.2) is 42.6 Å². The van der Waals surface area contributed by atoms with E-state index in [0.717, 1.165) is 11.1 Å². The average Bonchev–Trinajstić information content (AvgIpc) is 3.08. The average molecular weight is 387 g/mol. The molecule has 0 radical (unpaired) electrons. The van der Waals surface area contributed by atoms with E-state index in [-0.39, 0.29) is 13.2 Å². The van der Waals surface area contributed by atoms with Crippen molar-refractivity contribution >= 4 is 10.0 Å². The summed E-state index contributed by atoms with van der Waals surface area (Å²) in [5, 5.41) is 8.69. The molecule has 142 valence electrons. The van der Waals surface area contributed by atoms with E-state index in [1.807, 2.05) is 24.3 Å². The molecule has 1 fully saturated rings. The van der Waals surface area contributed by atoms with Crippen LogP contribution in [0, 0.1) is 11.3 Å². The quantitative estimate of drug-likeness (QED) is 0.814. The van der Waals surface area contributed by atoms with E-state index in [2.05, 4.69) is 15.8 Å². The van der Waals surface area contributed by atoms with E-state index in [1.165, 1.54) is 0 Å². The number of rotatable bonds is 6. The Labute approximate surface area is 159 Å². The van der Waals surface area contributed by atoms with Crippen molar-refractivity contribution in [2.24, 2.45) is 0 Å². The highest BCUT2D eigenvalue weighted by Gasteiger charge is 2.34. The van der Waals surface area contributed by atoms with Gasteiger partial charge in [-0.25, -0.2) is 18.1 Å². The molecule has 1 aromatic carbocycles. The molecule has 1 N–H and O–H groups in total. The van der Waals surface area contributed by atoms with Crippen LogP contribution >= 0.6 is 0 Å². The lowest BCUT2D eigenvalue weighted by Crippen LogP contribution is -2.47. The van der Waals surface area contributed by atoms with E-state index in [9.17, 15) is 13.7 Å². The SMILES string of the molecule is CC(C)S(=O)(=O)N[C@H]1COC[C@H]1Oc1ccc(-c2ccccc2C#N)cn1. The maximum Gasteiger partial charge on any atom is 0.214 e. The number of benzene rings is 1. The second-order valence-corrected chi connectivity index (χ2v) is 8.82. The first-order valence-corrected chi connectivity index (χ1v) is 10.2. The Hall–Kier alpha value is -2.47. The summed E-state index contributed by atoms with van der Waals surface area (Å²) >= 11 is 0. The molecule has 2 heterocycles. The van der Waals surface area contributed by atoms with Gasteiger partial charge in [0.1, 0.15) is 6.10 Å². The molecule has 1 aliphatic rings. The zero-order valence-electron chi connectivity index (χ0n) is 15.1. The number of pyridine rings is 1. The third kappa shape index (κ3) is 4.45. The molecule has 0 bridgehead atoms. The molecule has 0 unspecified atom stereocenters. The number of nitrogens with one attached hydrogen (secondary N) is 1. The molecule has 2 atom stereocenters. The molecule has 0 aliphatic carbocycles. The van der Waals surface area contributed by atoms with Gasteiger partial charge in [0.2, 0.25) is 15.9 Å². The van der Waals surface area contributed by atoms with Gasteiger partial charge in [-0.05, 0) is 26.0 Å². The van der Waals surface area contributed by atoms with Crippen LogP contribution < -0.4 is 9.46 Å². The minimum absolute atomic E-state index is 0.254. The summed E-state index contributed by atoms with van der Waals surface area (Å²) in [7, 11) is -3.42. The van der Waals surface area contributed by atoms with Crippen LogP contribution in [0.2, 0.25) is 0 Å². The Bertz CT molecular complexity index is 936. The topological polar surface area (TPSA) is 101 Å². The van der Waals surface area contributed by atoms with Gasteiger partial charge in [-0.2, -0.15) is 5.26 Å². The second kappa shape index (κ2) is 8.05. The minimum Gasteiger partial charge on any atom is -0.470 e. The number of hydrogen-bond donors (Lipinski definition) is 1. The van der Waals surface area contributed by atoms with Crippen molar-refractivity contribution in [1.82, 2.24) is 9.71 Å². The fourth-order valence-corrected chi connectivity index (χ4v) is 3.62. The van der Waals surface area contributed by atoms with Gasteiger partial charge in [0.25, 0.3) is 0 Å². The highest BCUT2D eigenvalue weighted by atomic mass is 32.2. The molecule has 27 heavy (non-hydrogen) atoms. The summed E-state index contributed by atoms with van der Waals surface area (Å²) in [5.74, 6) is 0.373. The summed E-state index contributed by atoms with van der Waals surface area (Å²) in [6.07, 6.45) is 1.18. The largest absolute Gasteiger partial charge is 0.470 e. The number of nitrogens with zero attached hydrogens (tertiary/aromatic N) is 2. The Balaban J connectivity index is 1.72. The van der Waals surface area contributed by atoms with Crippen LogP contribution in [-0.2, 0) is 14.8 Å². The van der Waals surface area contributed by atoms with Crippen molar-refractivity contribution in [2.75, 3.05) is 13.2 Å². The standard InChI is InChI=1S/C19H21N3O4S/c1-13(2)27(23,24)22-17-11-25-12-18(17)26-19-8-7-15(10-21-19)16-6-4-3-5-14(16)9-20/h3-8,10,13,17-18,22H,11-12H2,1-2H3/t17-,18+/m0/s1. The third-order valence-electron chi connectivity index (χ3n) is 4.33. The Morgan fingerprint density at radius 1 is 1.26 bits per heavy atom. The van der Waals surface area contributed by atoms with Gasteiger partial charge in [-0.1, -0.05) is 18.2 Å². The van der Waals surface area contributed by atoms with E-state index >= 15 is 0 Å². The summed E-state index contributed by atoms with van der Waals surface area (Å²) in [5.41, 5.74) is 2.17. The third-order valence-corrected chi connectivity index (χ3v) is 6.20. The van der Waals surface area contributed by atoms with Crippen LogP contribution in [0.3, 0.4) is 0 Å². The van der Waals surface area contributed by atoms with Gasteiger partial charge in [0, 0.05) is 23.4 Å². The Morgan fingerprint density at radius 3 is 2.70 bits per heavy atom. The fraction of sp³-hybridized carbons (Fsp3) is 0.368. The highest BCUT2D eigenvalue weighted by molar-refractivity contribution is 7.90. The first-order valence-electron chi connectivity index (χ1n) is 8.62. The zero-order valence-corrected chi connectivity index (χ0v) is 15.9. The van der Waals surface area contributed by atoms with Crippen molar-refractivity contribution in [1.29, 1.82) is 5.26 Å². The molecule has 0 saturated carbocycles. The number of sulfonamides is 1. The normalized spacial score (nSPS) is 19.8. The van der Waals surface area contributed by atoms with E-state index in [4.69, 9.17) is 9.47 Å². The molecular formula is C19H21N3O4S. The lowest BCUT2D eigenvalue weighted by Gasteiger charge is -2.21. The number of nitriles is 1. The minimum atomic E-state index is -3.42. The molecule has 7 nitrogen and oxygen atoms in total. The zero-order chi connectivity index (χ0) is 19.4. The van der Waals surface area contributed by atoms with E-state index in [0.29, 0.717) is 11.4 Å². The van der Waals surface area contributed by atoms with Crippen LogP contribution in [-0.4, -0.2) is 44.0 Å².